The van der Waals surface area contributed by atoms with Crippen molar-refractivity contribution in [2.75, 3.05) is 5.32 Å². The molecule has 0 bridgehead atoms. The van der Waals surface area contributed by atoms with Crippen LogP contribution in [0.3, 0.4) is 0 Å². The van der Waals surface area contributed by atoms with Crippen molar-refractivity contribution in [3.05, 3.63) is 93.6 Å². The molecule has 5 heteroatoms. The number of carbonyl (C=O) groups is 1. The fraction of sp³-hybridized carbons (Fsp3) is 0.290. The van der Waals surface area contributed by atoms with Crippen molar-refractivity contribution in [3.8, 4) is 17.1 Å². The molecule has 1 aromatic heterocycles. The first-order valence-corrected chi connectivity index (χ1v) is 12.3. The molecule has 4 rings (SSSR count). The van der Waals surface area contributed by atoms with Crippen LogP contribution in [0.2, 0.25) is 0 Å². The van der Waals surface area contributed by atoms with Crippen LogP contribution < -0.4 is 15.5 Å². The van der Waals surface area contributed by atoms with E-state index in [9.17, 15) is 9.59 Å². The Morgan fingerprint density at radius 2 is 1.67 bits per heavy atom. The number of anilines is 1. The van der Waals surface area contributed by atoms with Gasteiger partial charge in [-0.3, -0.25) is 9.59 Å². The van der Waals surface area contributed by atoms with Gasteiger partial charge < -0.3 is 14.5 Å². The molecule has 0 aliphatic heterocycles. The number of amides is 1. The Balaban J connectivity index is 1.74. The van der Waals surface area contributed by atoms with Gasteiger partial charge in [0.1, 0.15) is 5.58 Å². The summed E-state index contributed by atoms with van der Waals surface area (Å²) < 4.78 is 12.4. The normalized spacial score (nSPS) is 12.4. The molecule has 0 spiro atoms. The Kier molecular flexibility index (Phi) is 7.02. The molecule has 0 fully saturated rings. The summed E-state index contributed by atoms with van der Waals surface area (Å²) in [7, 11) is 0. The molecule has 0 saturated carbocycles. The second-order valence-corrected chi connectivity index (χ2v) is 10.2. The van der Waals surface area contributed by atoms with E-state index in [0.717, 1.165) is 16.7 Å². The minimum atomic E-state index is -0.872. The summed E-state index contributed by atoms with van der Waals surface area (Å²) in [6.45, 7) is 12.3. The number of nitrogens with one attached hydrogen (secondary N) is 1. The largest absolute Gasteiger partial charge is 0.473 e. The SMILES string of the molecule is CCC(Oc1c(-c2ccc(C(C)(C)C)cc2)oc2ccccc2c1=O)C(=O)Nc1ccc(C)c(C)c1. The van der Waals surface area contributed by atoms with Gasteiger partial charge in [-0.25, -0.2) is 0 Å². The van der Waals surface area contributed by atoms with Gasteiger partial charge >= 0.3 is 0 Å². The number of benzene rings is 3. The van der Waals surface area contributed by atoms with Crippen molar-refractivity contribution in [3.63, 3.8) is 0 Å². The molecule has 1 heterocycles. The fourth-order valence-corrected chi connectivity index (χ4v) is 4.05. The number of hydrogen-bond acceptors (Lipinski definition) is 4. The van der Waals surface area contributed by atoms with Crippen molar-refractivity contribution in [2.45, 2.75) is 59.5 Å². The third-order valence-electron chi connectivity index (χ3n) is 6.47. The van der Waals surface area contributed by atoms with Crippen LogP contribution in [0.4, 0.5) is 5.69 Å². The van der Waals surface area contributed by atoms with Crippen LogP contribution in [0.5, 0.6) is 5.75 Å². The first-order chi connectivity index (χ1) is 17.1. The van der Waals surface area contributed by atoms with Gasteiger partial charge in [-0.05, 0) is 66.6 Å². The number of fused-ring (bicyclic) bond motifs is 1. The predicted octanol–water partition coefficient (Wildman–Crippen LogP) is 7.17. The van der Waals surface area contributed by atoms with Crippen LogP contribution in [0, 0.1) is 13.8 Å². The molecule has 186 valence electrons. The zero-order chi connectivity index (χ0) is 26.0. The number of hydrogen-bond donors (Lipinski definition) is 1. The molecule has 1 unspecified atom stereocenters. The van der Waals surface area contributed by atoms with Gasteiger partial charge in [0.25, 0.3) is 5.91 Å². The first-order valence-electron chi connectivity index (χ1n) is 12.3. The van der Waals surface area contributed by atoms with Gasteiger partial charge in [-0.15, -0.1) is 0 Å². The maximum absolute atomic E-state index is 13.5. The van der Waals surface area contributed by atoms with E-state index in [1.54, 1.807) is 18.2 Å². The van der Waals surface area contributed by atoms with Crippen LogP contribution in [-0.4, -0.2) is 12.0 Å². The topological polar surface area (TPSA) is 68.5 Å². The van der Waals surface area contributed by atoms with Gasteiger partial charge in [0, 0.05) is 11.3 Å². The van der Waals surface area contributed by atoms with Crippen LogP contribution >= 0.6 is 0 Å². The van der Waals surface area contributed by atoms with Crippen LogP contribution in [0.25, 0.3) is 22.3 Å². The van der Waals surface area contributed by atoms with E-state index in [1.807, 2.05) is 69.3 Å². The molecular formula is C31H33NO4. The molecule has 5 nitrogen and oxygen atoms in total. The van der Waals surface area contributed by atoms with Gasteiger partial charge in [-0.2, -0.15) is 0 Å². The smallest absolute Gasteiger partial charge is 0.265 e. The lowest BCUT2D eigenvalue weighted by molar-refractivity contribution is -0.122. The Labute approximate surface area is 212 Å². The molecule has 3 aromatic carbocycles. The monoisotopic (exact) mass is 483 g/mol. The highest BCUT2D eigenvalue weighted by atomic mass is 16.5. The average Bonchev–Trinajstić information content (AvgIpc) is 2.85. The average molecular weight is 484 g/mol. The molecule has 0 aliphatic carbocycles. The summed E-state index contributed by atoms with van der Waals surface area (Å²) in [6, 6.07) is 20.7. The number of aryl methyl sites for hydroxylation is 2. The van der Waals surface area contributed by atoms with E-state index in [0.29, 0.717) is 34.4 Å². The second kappa shape index (κ2) is 10.0. The predicted molar refractivity (Wildman–Crippen MR) is 146 cm³/mol. The van der Waals surface area contributed by atoms with Crippen molar-refractivity contribution in [1.82, 2.24) is 0 Å². The maximum Gasteiger partial charge on any atom is 0.265 e. The molecule has 0 aliphatic rings. The Morgan fingerprint density at radius 1 is 0.972 bits per heavy atom. The summed E-state index contributed by atoms with van der Waals surface area (Å²) in [5.41, 5.74) is 4.95. The molecule has 36 heavy (non-hydrogen) atoms. The summed E-state index contributed by atoms with van der Waals surface area (Å²) in [5, 5.41) is 3.33. The summed E-state index contributed by atoms with van der Waals surface area (Å²) in [6.07, 6.45) is -0.492. The number of para-hydroxylation sites is 1. The molecule has 1 N–H and O–H groups in total. The lowest BCUT2D eigenvalue weighted by atomic mass is 9.86. The summed E-state index contributed by atoms with van der Waals surface area (Å²) in [4.78, 5) is 26.7. The number of carbonyl (C=O) groups excluding carboxylic acids is 1. The van der Waals surface area contributed by atoms with Crippen LogP contribution in [0.15, 0.2) is 75.9 Å². The van der Waals surface area contributed by atoms with Crippen molar-refractivity contribution in [1.29, 1.82) is 0 Å². The Hall–Kier alpha value is -3.86. The first kappa shape index (κ1) is 25.2. The third-order valence-corrected chi connectivity index (χ3v) is 6.47. The quantitative estimate of drug-likeness (QED) is 0.316. The summed E-state index contributed by atoms with van der Waals surface area (Å²) in [5.74, 6) is 0.0400. The van der Waals surface area contributed by atoms with Crippen molar-refractivity contribution < 1.29 is 13.9 Å². The molecule has 0 radical (unpaired) electrons. The van der Waals surface area contributed by atoms with E-state index in [2.05, 4.69) is 26.1 Å². The van der Waals surface area contributed by atoms with Crippen molar-refractivity contribution >= 4 is 22.6 Å². The molecule has 1 atom stereocenters. The van der Waals surface area contributed by atoms with Crippen LogP contribution in [-0.2, 0) is 10.2 Å². The highest BCUT2D eigenvalue weighted by molar-refractivity contribution is 5.94. The van der Waals surface area contributed by atoms with E-state index in [-0.39, 0.29) is 22.5 Å². The lowest BCUT2D eigenvalue weighted by Crippen LogP contribution is -2.34. The van der Waals surface area contributed by atoms with Gasteiger partial charge in [-0.1, -0.05) is 70.2 Å². The Bertz CT molecular complexity index is 1460. The number of ether oxygens (including phenoxy) is 1. The molecular weight excluding hydrogens is 450 g/mol. The van der Waals surface area contributed by atoms with E-state index in [1.165, 1.54) is 0 Å². The lowest BCUT2D eigenvalue weighted by Gasteiger charge is -2.21. The van der Waals surface area contributed by atoms with Gasteiger partial charge in [0.2, 0.25) is 11.2 Å². The maximum atomic E-state index is 13.5. The summed E-state index contributed by atoms with van der Waals surface area (Å²) >= 11 is 0. The zero-order valence-electron chi connectivity index (χ0n) is 21.8. The van der Waals surface area contributed by atoms with Gasteiger partial charge in [0.15, 0.2) is 11.9 Å². The molecule has 1 amide bonds. The second-order valence-electron chi connectivity index (χ2n) is 10.2. The highest BCUT2D eigenvalue weighted by Crippen LogP contribution is 2.33. The van der Waals surface area contributed by atoms with Crippen molar-refractivity contribution in [2.24, 2.45) is 0 Å². The minimum Gasteiger partial charge on any atom is -0.473 e. The van der Waals surface area contributed by atoms with Crippen LogP contribution in [0.1, 0.15) is 50.8 Å². The zero-order valence-corrected chi connectivity index (χ0v) is 21.8. The van der Waals surface area contributed by atoms with E-state index in [4.69, 9.17) is 9.15 Å². The standard InChI is InChI=1S/C31H33NO4/c1-7-25(30(34)32-23-17-12-19(2)20(3)18-23)35-29-27(33)24-10-8-9-11-26(24)36-28(29)21-13-15-22(16-14-21)31(4,5)6/h8-18,25H,7H2,1-6H3,(H,32,34). The highest BCUT2D eigenvalue weighted by Gasteiger charge is 2.25. The van der Waals surface area contributed by atoms with Gasteiger partial charge in [0.05, 0.1) is 5.39 Å². The van der Waals surface area contributed by atoms with E-state index >= 15 is 0 Å². The Morgan fingerprint density at radius 3 is 2.31 bits per heavy atom. The molecule has 4 aromatic rings. The van der Waals surface area contributed by atoms with E-state index < -0.39 is 6.10 Å². The fourth-order valence-electron chi connectivity index (χ4n) is 4.05. The number of rotatable bonds is 6. The molecule has 0 saturated heterocycles. The minimum absolute atomic E-state index is 0.0121. The third kappa shape index (κ3) is 5.20.